The van der Waals surface area contributed by atoms with Crippen molar-refractivity contribution in [2.45, 2.75) is 66.5 Å². The molecule has 0 spiro atoms. The summed E-state index contributed by atoms with van der Waals surface area (Å²) >= 11 is 1.84. The van der Waals surface area contributed by atoms with Crippen LogP contribution in [0.15, 0.2) is 6.20 Å². The van der Waals surface area contributed by atoms with Crippen LogP contribution < -0.4 is 5.32 Å². The molecule has 0 aliphatic heterocycles. The number of thiazole rings is 1. The molecule has 3 heteroatoms. The molecule has 0 bridgehead atoms. The average Bonchev–Trinajstić information content (AvgIpc) is 2.58. The first kappa shape index (κ1) is 14.0. The minimum Gasteiger partial charge on any atom is -0.308 e. The van der Waals surface area contributed by atoms with Crippen LogP contribution in [-0.2, 0) is 12.0 Å². The molecular weight excluding hydrogens is 240 g/mol. The standard InChI is InChI=1S/C15H26N2S/c1-13(2,3)12-17-9-10(18-12)8-16-11-14(4,5)15(11,6)7/h9,11,16H,8H2,1-7H3. The predicted molar refractivity (Wildman–Crippen MR) is 79.0 cm³/mol. The summed E-state index contributed by atoms with van der Waals surface area (Å²) in [6, 6.07) is 0.616. The third-order valence-corrected chi connectivity index (χ3v) is 6.12. The maximum atomic E-state index is 4.54. The lowest BCUT2D eigenvalue weighted by molar-refractivity contribution is 0.457. The summed E-state index contributed by atoms with van der Waals surface area (Å²) in [6.45, 7) is 17.0. The Hall–Kier alpha value is -0.410. The van der Waals surface area contributed by atoms with Crippen molar-refractivity contribution in [3.05, 3.63) is 16.1 Å². The Balaban J connectivity index is 1.95. The van der Waals surface area contributed by atoms with Gasteiger partial charge in [0, 0.05) is 29.1 Å². The van der Waals surface area contributed by atoms with Gasteiger partial charge in [0.25, 0.3) is 0 Å². The second kappa shape index (κ2) is 4.04. The molecule has 102 valence electrons. The highest BCUT2D eigenvalue weighted by molar-refractivity contribution is 7.11. The molecule has 0 radical (unpaired) electrons. The molecule has 1 aliphatic rings. The number of rotatable bonds is 3. The molecule has 1 saturated carbocycles. The molecule has 1 N–H and O–H groups in total. The van der Waals surface area contributed by atoms with Gasteiger partial charge in [-0.2, -0.15) is 0 Å². The topological polar surface area (TPSA) is 24.9 Å². The number of nitrogens with zero attached hydrogens (tertiary/aromatic N) is 1. The molecule has 0 unspecified atom stereocenters. The van der Waals surface area contributed by atoms with Crippen molar-refractivity contribution < 1.29 is 0 Å². The fourth-order valence-corrected chi connectivity index (χ4v) is 3.57. The molecule has 0 saturated heterocycles. The van der Waals surface area contributed by atoms with Gasteiger partial charge in [-0.15, -0.1) is 11.3 Å². The van der Waals surface area contributed by atoms with Crippen LogP contribution in [0.1, 0.15) is 58.4 Å². The van der Waals surface area contributed by atoms with E-state index in [1.807, 2.05) is 17.5 Å². The van der Waals surface area contributed by atoms with E-state index in [2.05, 4.69) is 58.8 Å². The zero-order valence-electron chi connectivity index (χ0n) is 12.7. The van der Waals surface area contributed by atoms with Crippen molar-refractivity contribution in [2.24, 2.45) is 10.8 Å². The van der Waals surface area contributed by atoms with Gasteiger partial charge in [-0.25, -0.2) is 4.98 Å². The molecule has 0 amide bonds. The van der Waals surface area contributed by atoms with E-state index in [9.17, 15) is 0 Å². The van der Waals surface area contributed by atoms with E-state index < -0.39 is 0 Å². The van der Waals surface area contributed by atoms with Crippen LogP contribution in [0.3, 0.4) is 0 Å². The van der Waals surface area contributed by atoms with Crippen molar-refractivity contribution in [1.29, 1.82) is 0 Å². The highest BCUT2D eigenvalue weighted by atomic mass is 32.1. The molecule has 1 aromatic heterocycles. The highest BCUT2D eigenvalue weighted by Gasteiger charge is 2.64. The molecule has 18 heavy (non-hydrogen) atoms. The largest absolute Gasteiger partial charge is 0.308 e. The van der Waals surface area contributed by atoms with Crippen molar-refractivity contribution in [3.8, 4) is 0 Å². The second-order valence-electron chi connectivity index (χ2n) is 7.64. The Morgan fingerprint density at radius 2 is 1.78 bits per heavy atom. The van der Waals surface area contributed by atoms with Crippen LogP contribution in [-0.4, -0.2) is 11.0 Å². The quantitative estimate of drug-likeness (QED) is 0.895. The summed E-state index contributed by atoms with van der Waals surface area (Å²) in [4.78, 5) is 5.88. The number of aromatic nitrogens is 1. The van der Waals surface area contributed by atoms with Crippen LogP contribution in [0.25, 0.3) is 0 Å². The van der Waals surface area contributed by atoms with Gasteiger partial charge in [-0.1, -0.05) is 48.5 Å². The van der Waals surface area contributed by atoms with Gasteiger partial charge < -0.3 is 5.32 Å². The van der Waals surface area contributed by atoms with Crippen LogP contribution in [0.2, 0.25) is 0 Å². The van der Waals surface area contributed by atoms with Gasteiger partial charge in [0.15, 0.2) is 0 Å². The Labute approximate surface area is 115 Å². The predicted octanol–water partition coefficient (Wildman–Crippen LogP) is 3.96. The van der Waals surface area contributed by atoms with E-state index in [-0.39, 0.29) is 5.41 Å². The molecule has 1 aliphatic carbocycles. The van der Waals surface area contributed by atoms with Crippen LogP contribution in [0.4, 0.5) is 0 Å². The summed E-state index contributed by atoms with van der Waals surface area (Å²) in [6.07, 6.45) is 2.03. The second-order valence-corrected chi connectivity index (χ2v) is 8.75. The molecular formula is C15H26N2S. The summed E-state index contributed by atoms with van der Waals surface area (Å²) in [5.41, 5.74) is 0.982. The summed E-state index contributed by atoms with van der Waals surface area (Å²) in [5, 5.41) is 4.92. The van der Waals surface area contributed by atoms with Gasteiger partial charge in [-0.3, -0.25) is 0 Å². The maximum Gasteiger partial charge on any atom is 0.0981 e. The molecule has 0 aromatic carbocycles. The molecule has 0 atom stereocenters. The Morgan fingerprint density at radius 1 is 1.22 bits per heavy atom. The van der Waals surface area contributed by atoms with E-state index in [0.717, 1.165) is 6.54 Å². The van der Waals surface area contributed by atoms with Crippen molar-refractivity contribution in [2.75, 3.05) is 0 Å². The lowest BCUT2D eigenvalue weighted by atomic mass is 9.98. The van der Waals surface area contributed by atoms with Crippen molar-refractivity contribution >= 4 is 11.3 Å². The third-order valence-electron chi connectivity index (χ3n) is 4.70. The average molecular weight is 266 g/mol. The van der Waals surface area contributed by atoms with Gasteiger partial charge in [-0.05, 0) is 10.8 Å². The van der Waals surface area contributed by atoms with Gasteiger partial charge >= 0.3 is 0 Å². The Morgan fingerprint density at radius 3 is 2.17 bits per heavy atom. The SMILES string of the molecule is CC(C)(C)c1ncc(CNC2C(C)(C)C2(C)C)s1. The highest BCUT2D eigenvalue weighted by Crippen LogP contribution is 2.62. The number of hydrogen-bond acceptors (Lipinski definition) is 3. The third kappa shape index (κ3) is 2.23. The normalized spacial score (nSPS) is 22.2. The minimum atomic E-state index is 0.168. The van der Waals surface area contributed by atoms with Gasteiger partial charge in [0.05, 0.1) is 5.01 Å². The monoisotopic (exact) mass is 266 g/mol. The van der Waals surface area contributed by atoms with Gasteiger partial charge in [0.2, 0.25) is 0 Å². The van der Waals surface area contributed by atoms with Gasteiger partial charge in [0.1, 0.15) is 0 Å². The number of nitrogens with one attached hydrogen (secondary N) is 1. The first-order valence-corrected chi connectivity index (χ1v) is 7.57. The maximum absolute atomic E-state index is 4.54. The van der Waals surface area contributed by atoms with E-state index in [4.69, 9.17) is 0 Å². The first-order valence-electron chi connectivity index (χ1n) is 6.75. The van der Waals surface area contributed by atoms with E-state index in [0.29, 0.717) is 16.9 Å². The van der Waals surface area contributed by atoms with E-state index in [1.165, 1.54) is 9.88 Å². The first-order chi connectivity index (χ1) is 8.07. The van der Waals surface area contributed by atoms with E-state index in [1.54, 1.807) is 0 Å². The zero-order chi connectivity index (χ0) is 13.8. The smallest absolute Gasteiger partial charge is 0.0981 e. The van der Waals surface area contributed by atoms with E-state index >= 15 is 0 Å². The Kier molecular flexibility index (Phi) is 3.14. The lowest BCUT2D eigenvalue weighted by Gasteiger charge is -2.13. The minimum absolute atomic E-state index is 0.168. The lowest BCUT2D eigenvalue weighted by Crippen LogP contribution is -2.21. The fraction of sp³-hybridized carbons (Fsp3) is 0.800. The van der Waals surface area contributed by atoms with Crippen LogP contribution in [0.5, 0.6) is 0 Å². The van der Waals surface area contributed by atoms with Crippen molar-refractivity contribution in [3.63, 3.8) is 0 Å². The fourth-order valence-electron chi connectivity index (χ4n) is 2.65. The summed E-state index contributed by atoms with van der Waals surface area (Å²) in [5.74, 6) is 0. The molecule has 1 fully saturated rings. The molecule has 2 rings (SSSR count). The van der Waals surface area contributed by atoms with Crippen LogP contribution in [0, 0.1) is 10.8 Å². The summed E-state index contributed by atoms with van der Waals surface area (Å²) < 4.78 is 0. The Bertz CT molecular complexity index is 424. The summed E-state index contributed by atoms with van der Waals surface area (Å²) in [7, 11) is 0. The molecule has 2 nitrogen and oxygen atoms in total. The number of hydrogen-bond donors (Lipinski definition) is 1. The zero-order valence-corrected chi connectivity index (χ0v) is 13.5. The van der Waals surface area contributed by atoms with Crippen LogP contribution >= 0.6 is 11.3 Å². The molecule has 1 aromatic rings. The van der Waals surface area contributed by atoms with Crippen molar-refractivity contribution in [1.82, 2.24) is 10.3 Å². The molecule has 1 heterocycles.